The molecule has 0 atom stereocenters. The van der Waals surface area contributed by atoms with Crippen molar-refractivity contribution in [3.05, 3.63) is 152 Å². The zero-order valence-electron chi connectivity index (χ0n) is 31.5. The van der Waals surface area contributed by atoms with Gasteiger partial charge in [-0.15, -0.1) is 0 Å². The number of aromatic nitrogens is 2. The number of nitrogens with zero attached hydrogens (tertiary/aromatic N) is 2. The van der Waals surface area contributed by atoms with Crippen molar-refractivity contribution in [3.63, 3.8) is 0 Å². The Kier molecular flexibility index (Phi) is 12.6. The smallest absolute Gasteiger partial charge is 0.342 e. The van der Waals surface area contributed by atoms with Crippen LogP contribution in [0.4, 0.5) is 4.39 Å². The molecule has 6 aromatic rings. The van der Waals surface area contributed by atoms with Crippen LogP contribution >= 0.6 is 22.6 Å². The molecule has 4 aromatic heterocycles. The molecule has 0 bridgehead atoms. The number of halogens is 2. The second-order valence-corrected chi connectivity index (χ2v) is 16.8. The van der Waals surface area contributed by atoms with Crippen molar-refractivity contribution >= 4 is 54.6 Å². The second kappa shape index (κ2) is 16.4. The van der Waals surface area contributed by atoms with Gasteiger partial charge >= 0.3 is 21.4 Å². The molecule has 0 unspecified atom stereocenters. The monoisotopic (exact) mass is 1070 g/mol. The third kappa shape index (κ3) is 8.28. The Bertz CT molecular complexity index is 2870. The predicted octanol–water partition coefficient (Wildman–Crippen LogP) is 7.67. The van der Waals surface area contributed by atoms with E-state index in [1.807, 2.05) is 42.5 Å². The molecule has 2 aromatic carbocycles. The van der Waals surface area contributed by atoms with E-state index in [0.29, 0.717) is 27.8 Å². The average Bonchev–Trinajstić information content (AvgIpc) is 4.03. The number of aryl methyl sites for hydroxylation is 3. The van der Waals surface area contributed by atoms with Gasteiger partial charge in [-0.25, -0.2) is 14.0 Å². The Morgan fingerprint density at radius 3 is 1.77 bits per heavy atom. The number of hydrogen-bond donors (Lipinski definition) is 0. The van der Waals surface area contributed by atoms with Crippen molar-refractivity contribution in [2.24, 2.45) is 0 Å². The molecule has 0 N–H and O–H groups in total. The topological polar surface area (TPSA) is 148 Å². The summed E-state index contributed by atoms with van der Waals surface area (Å²) in [5.74, 6) is -0.612. The first-order valence-corrected chi connectivity index (χ1v) is 19.9. The molecule has 4 heterocycles. The van der Waals surface area contributed by atoms with E-state index < -0.39 is 26.9 Å². The third-order valence-corrected chi connectivity index (χ3v) is 11.8. The summed E-state index contributed by atoms with van der Waals surface area (Å²) < 4.78 is 60.0. The summed E-state index contributed by atoms with van der Waals surface area (Å²) in [7, 11) is -4.23. The van der Waals surface area contributed by atoms with Crippen molar-refractivity contribution in [1.82, 2.24) is 9.13 Å². The molecule has 294 valence electrons. The van der Waals surface area contributed by atoms with Crippen LogP contribution in [-0.2, 0) is 37.6 Å². The molecule has 2 saturated carbocycles. The standard InChI is InChI=1S/C20H17FINO3.C20H19NO6S.CH3.W/c1-10-7-17-18(19(24)23(10)14-5-6-14)15(11(2)20(25)26-17)8-12-3-4-13(22)9-16(12)21;1-11-4-8-15(9-5-11)28(24,25)27-18-13(3)20(23)26-16-10-12(2)21(14-6-7-14)19(22)17(16)18;;/h3-4,7,9,14H,5-6,8H2,1-2H3;4-5,8-10,14H,6-7H2,1-3H3;1H3;/q;;-1;. The van der Waals surface area contributed by atoms with Crippen molar-refractivity contribution in [2.75, 3.05) is 0 Å². The average molecular weight is 1070 g/mol. The van der Waals surface area contributed by atoms with Gasteiger partial charge in [-0.3, -0.25) is 9.59 Å². The fourth-order valence-electron chi connectivity index (χ4n) is 6.64. The van der Waals surface area contributed by atoms with Gasteiger partial charge in [0.25, 0.3) is 11.1 Å². The summed E-state index contributed by atoms with van der Waals surface area (Å²) in [5, 5.41) is 0.350. The van der Waals surface area contributed by atoms with Gasteiger partial charge in [-0.2, -0.15) is 8.42 Å². The largest absolute Gasteiger partial charge is 0.422 e. The molecule has 56 heavy (non-hydrogen) atoms. The number of pyridine rings is 2. The normalized spacial score (nSPS) is 13.8. The van der Waals surface area contributed by atoms with Crippen molar-refractivity contribution < 1.29 is 46.9 Å². The molecule has 2 aliphatic rings. The maximum atomic E-state index is 14.4. The molecule has 15 heteroatoms. The maximum Gasteiger partial charge on any atom is 0.342 e. The van der Waals surface area contributed by atoms with Gasteiger partial charge in [0.15, 0.2) is 5.75 Å². The molecular formula is C41H39FIN2O9SW-. The van der Waals surface area contributed by atoms with Crippen LogP contribution in [0.1, 0.15) is 77.0 Å². The summed E-state index contributed by atoms with van der Waals surface area (Å²) in [5.41, 5.74) is 2.12. The van der Waals surface area contributed by atoms with Crippen molar-refractivity contribution in [3.8, 4) is 5.75 Å². The first-order valence-electron chi connectivity index (χ1n) is 17.4. The molecule has 2 aliphatic carbocycles. The van der Waals surface area contributed by atoms with Crippen molar-refractivity contribution in [2.45, 2.75) is 83.7 Å². The van der Waals surface area contributed by atoms with Gasteiger partial charge < -0.3 is 29.6 Å². The van der Waals surface area contributed by atoms with Gasteiger partial charge in [0.2, 0.25) is 0 Å². The summed E-state index contributed by atoms with van der Waals surface area (Å²) >= 11 is 2.05. The van der Waals surface area contributed by atoms with Gasteiger partial charge in [0.1, 0.15) is 27.3 Å². The second-order valence-electron chi connectivity index (χ2n) is 14.0. The molecule has 2 fully saturated rings. The number of rotatable bonds is 7. The van der Waals surface area contributed by atoms with E-state index in [1.54, 1.807) is 53.3 Å². The van der Waals surface area contributed by atoms with E-state index in [0.717, 1.165) is 40.5 Å². The molecular weight excluding hydrogens is 1030 g/mol. The molecule has 0 saturated heterocycles. The van der Waals surface area contributed by atoms with Crippen molar-refractivity contribution in [1.29, 1.82) is 0 Å². The minimum absolute atomic E-state index is 0. The first kappa shape index (κ1) is 43.0. The quantitative estimate of drug-likeness (QED) is 0.0893. The third-order valence-electron chi connectivity index (χ3n) is 9.85. The Morgan fingerprint density at radius 2 is 1.25 bits per heavy atom. The Morgan fingerprint density at radius 1 is 0.750 bits per heavy atom. The number of benzene rings is 2. The van der Waals surface area contributed by atoms with E-state index >= 15 is 0 Å². The predicted molar refractivity (Wildman–Crippen MR) is 216 cm³/mol. The van der Waals surface area contributed by atoms with E-state index in [-0.39, 0.29) is 91.1 Å². The maximum absolute atomic E-state index is 14.4. The molecule has 11 nitrogen and oxygen atoms in total. The zero-order chi connectivity index (χ0) is 38.8. The van der Waals surface area contributed by atoms with E-state index in [9.17, 15) is 32.0 Å². The molecule has 0 radical (unpaired) electrons. The molecule has 0 spiro atoms. The Balaban J connectivity index is 0.000000207. The van der Waals surface area contributed by atoms with Crippen LogP contribution in [0.25, 0.3) is 21.9 Å². The van der Waals surface area contributed by atoms with Crippen LogP contribution in [0, 0.1) is 51.4 Å². The molecule has 0 aliphatic heterocycles. The fraction of sp³-hybridized carbons (Fsp3) is 0.293. The van der Waals surface area contributed by atoms with Crippen LogP contribution in [0.2, 0.25) is 0 Å². The first-order chi connectivity index (χ1) is 25.5. The van der Waals surface area contributed by atoms with Crippen LogP contribution in [0.15, 0.2) is 87.5 Å². The van der Waals surface area contributed by atoms with Gasteiger partial charge in [-0.05, 0) is 118 Å². The minimum Gasteiger partial charge on any atom is -0.422 e. The molecule has 8 rings (SSSR count). The minimum atomic E-state index is -4.23. The summed E-state index contributed by atoms with van der Waals surface area (Å²) in [6.07, 6.45) is 3.88. The van der Waals surface area contributed by atoms with E-state index in [4.69, 9.17) is 13.0 Å². The zero-order valence-corrected chi connectivity index (χ0v) is 37.4. The van der Waals surface area contributed by atoms with E-state index in [1.165, 1.54) is 25.1 Å². The molecule has 0 amide bonds. The SMILES string of the molecule is Cc1c(Cc2ccc(I)cc2F)c2c(=O)n(C3CC3)c(C)cc2oc1=O.Cc1ccc(S(=O)(=O)Oc2c(C)c(=O)oc3cc(C)n(C4CC4)c(=O)c23)cc1.[CH3-].[W]. The van der Waals surface area contributed by atoms with Gasteiger partial charge in [0, 0.05) is 72.2 Å². The summed E-state index contributed by atoms with van der Waals surface area (Å²) in [4.78, 5) is 50.7. The van der Waals surface area contributed by atoms with E-state index in [2.05, 4.69) is 0 Å². The Labute approximate surface area is 350 Å². The Hall–Kier alpha value is -4.14. The number of fused-ring (bicyclic) bond motifs is 2. The summed E-state index contributed by atoms with van der Waals surface area (Å²) in [6, 6.07) is 14.7. The number of hydrogen-bond acceptors (Lipinski definition) is 9. The van der Waals surface area contributed by atoms with Gasteiger partial charge in [0.05, 0.1) is 10.9 Å². The van der Waals surface area contributed by atoms with Crippen LogP contribution < -0.4 is 26.6 Å². The van der Waals surface area contributed by atoms with Gasteiger partial charge in [-0.1, -0.05) is 23.8 Å². The fourth-order valence-corrected chi connectivity index (χ4v) is 8.09. The van der Waals surface area contributed by atoms with Crippen LogP contribution in [0.3, 0.4) is 0 Å². The van der Waals surface area contributed by atoms with Crippen LogP contribution in [0.5, 0.6) is 5.75 Å². The van der Waals surface area contributed by atoms with Crippen LogP contribution in [-0.4, -0.2) is 17.6 Å². The summed E-state index contributed by atoms with van der Waals surface area (Å²) in [6.45, 7) is 8.44.